The van der Waals surface area contributed by atoms with E-state index in [0.29, 0.717) is 37.6 Å². The standard InChI is InChI=1S/C21H26FN3O3.ClH/c1-2-28-21(27)23-17-7-5-6-16(14-17)20(26)15-24-10-12-25(13-11-24)19-9-4-3-8-18(19)22;/h3-9,14,20,26H,2,10-13,15H2,1H3,(H,23,27);1H. The van der Waals surface area contributed by atoms with E-state index in [9.17, 15) is 14.3 Å². The van der Waals surface area contributed by atoms with Gasteiger partial charge in [-0.1, -0.05) is 24.3 Å². The summed E-state index contributed by atoms with van der Waals surface area (Å²) in [6, 6.07) is 13.9. The second-order valence-corrected chi connectivity index (χ2v) is 6.73. The highest BCUT2D eigenvalue weighted by molar-refractivity contribution is 5.85. The number of carbonyl (C=O) groups is 1. The minimum Gasteiger partial charge on any atom is -0.450 e. The number of nitrogens with zero attached hydrogens (tertiary/aromatic N) is 2. The number of halogens is 2. The minimum absolute atomic E-state index is 0. The predicted octanol–water partition coefficient (Wildman–Crippen LogP) is 3.67. The van der Waals surface area contributed by atoms with Gasteiger partial charge in [0.2, 0.25) is 0 Å². The fourth-order valence-electron chi connectivity index (χ4n) is 3.34. The van der Waals surface area contributed by atoms with Crippen LogP contribution in [0, 0.1) is 5.82 Å². The Kier molecular flexibility index (Phi) is 8.70. The van der Waals surface area contributed by atoms with Gasteiger partial charge in [-0.2, -0.15) is 0 Å². The van der Waals surface area contributed by atoms with Crippen molar-refractivity contribution in [1.29, 1.82) is 0 Å². The van der Waals surface area contributed by atoms with Crippen molar-refractivity contribution in [2.24, 2.45) is 0 Å². The Morgan fingerprint density at radius 2 is 1.90 bits per heavy atom. The number of anilines is 2. The molecule has 0 bridgehead atoms. The molecule has 0 saturated carbocycles. The fourth-order valence-corrected chi connectivity index (χ4v) is 3.34. The Hall–Kier alpha value is -2.35. The molecule has 1 aliphatic rings. The summed E-state index contributed by atoms with van der Waals surface area (Å²) in [5.41, 5.74) is 1.94. The van der Waals surface area contributed by atoms with E-state index >= 15 is 0 Å². The predicted molar refractivity (Wildman–Crippen MR) is 114 cm³/mol. The van der Waals surface area contributed by atoms with Crippen molar-refractivity contribution in [2.45, 2.75) is 13.0 Å². The summed E-state index contributed by atoms with van der Waals surface area (Å²) < 4.78 is 18.8. The molecule has 2 N–H and O–H groups in total. The summed E-state index contributed by atoms with van der Waals surface area (Å²) in [6.45, 7) is 5.42. The first-order valence-corrected chi connectivity index (χ1v) is 9.50. The van der Waals surface area contributed by atoms with Crippen molar-refractivity contribution in [3.8, 4) is 0 Å². The van der Waals surface area contributed by atoms with E-state index < -0.39 is 12.2 Å². The average Bonchev–Trinajstić information content (AvgIpc) is 2.69. The number of hydrogen-bond donors (Lipinski definition) is 2. The molecule has 1 atom stereocenters. The van der Waals surface area contributed by atoms with Crippen molar-refractivity contribution >= 4 is 29.9 Å². The third-order valence-corrected chi connectivity index (χ3v) is 4.79. The monoisotopic (exact) mass is 423 g/mol. The lowest BCUT2D eigenvalue weighted by Gasteiger charge is -2.37. The average molecular weight is 424 g/mol. The van der Waals surface area contributed by atoms with E-state index in [2.05, 4.69) is 10.2 Å². The first-order chi connectivity index (χ1) is 13.6. The quantitative estimate of drug-likeness (QED) is 0.742. The molecule has 0 radical (unpaired) electrons. The van der Waals surface area contributed by atoms with Gasteiger partial charge in [-0.25, -0.2) is 9.18 Å². The van der Waals surface area contributed by atoms with Crippen LogP contribution in [0.15, 0.2) is 48.5 Å². The number of ether oxygens (including phenoxy) is 1. The van der Waals surface area contributed by atoms with Gasteiger partial charge in [0.15, 0.2) is 0 Å². The number of β-amino-alcohol motifs (C(OH)–C–C–N with tert-alkyl or cyclic N) is 1. The molecule has 1 heterocycles. The number of carbonyl (C=O) groups excluding carboxylic acids is 1. The molecule has 29 heavy (non-hydrogen) atoms. The van der Waals surface area contributed by atoms with Gasteiger partial charge in [-0.3, -0.25) is 10.2 Å². The summed E-state index contributed by atoms with van der Waals surface area (Å²) in [6.07, 6.45) is -1.19. The van der Waals surface area contributed by atoms with Crippen LogP contribution in [0.1, 0.15) is 18.6 Å². The molecule has 1 unspecified atom stereocenters. The number of rotatable bonds is 6. The van der Waals surface area contributed by atoms with E-state index in [1.165, 1.54) is 6.07 Å². The Labute approximate surface area is 176 Å². The molecule has 158 valence electrons. The van der Waals surface area contributed by atoms with Crippen molar-refractivity contribution in [3.05, 3.63) is 59.9 Å². The third kappa shape index (κ3) is 6.32. The topological polar surface area (TPSA) is 65.0 Å². The maximum absolute atomic E-state index is 13.9. The second kappa shape index (κ2) is 11.0. The smallest absolute Gasteiger partial charge is 0.411 e. The highest BCUT2D eigenvalue weighted by atomic mass is 35.5. The van der Waals surface area contributed by atoms with Crippen LogP contribution in [-0.4, -0.2) is 55.4 Å². The number of amides is 1. The molecule has 1 saturated heterocycles. The summed E-state index contributed by atoms with van der Waals surface area (Å²) in [5.74, 6) is -0.207. The molecule has 3 rings (SSSR count). The number of hydrogen-bond acceptors (Lipinski definition) is 5. The van der Waals surface area contributed by atoms with Crippen LogP contribution in [0.4, 0.5) is 20.6 Å². The molecule has 1 fully saturated rings. The lowest BCUT2D eigenvalue weighted by Crippen LogP contribution is -2.47. The zero-order valence-corrected chi connectivity index (χ0v) is 17.2. The SMILES string of the molecule is CCOC(=O)Nc1cccc(C(O)CN2CCN(c3ccccc3F)CC2)c1.Cl. The second-order valence-electron chi connectivity index (χ2n) is 6.73. The van der Waals surface area contributed by atoms with Crippen LogP contribution in [0.5, 0.6) is 0 Å². The molecule has 6 nitrogen and oxygen atoms in total. The number of aliphatic hydroxyl groups is 1. The normalized spacial score (nSPS) is 15.3. The maximum Gasteiger partial charge on any atom is 0.411 e. The first-order valence-electron chi connectivity index (χ1n) is 9.50. The van der Waals surface area contributed by atoms with Gasteiger partial charge >= 0.3 is 6.09 Å². The van der Waals surface area contributed by atoms with Gasteiger partial charge in [0.05, 0.1) is 18.4 Å². The molecular weight excluding hydrogens is 397 g/mol. The van der Waals surface area contributed by atoms with Crippen molar-refractivity contribution in [3.63, 3.8) is 0 Å². The molecule has 2 aromatic carbocycles. The Morgan fingerprint density at radius 1 is 1.17 bits per heavy atom. The van der Waals surface area contributed by atoms with E-state index in [-0.39, 0.29) is 18.2 Å². The zero-order valence-electron chi connectivity index (χ0n) is 16.4. The van der Waals surface area contributed by atoms with E-state index in [4.69, 9.17) is 4.74 Å². The van der Waals surface area contributed by atoms with Gasteiger partial charge in [0.1, 0.15) is 5.82 Å². The molecule has 0 spiro atoms. The van der Waals surface area contributed by atoms with Crippen LogP contribution in [0.3, 0.4) is 0 Å². The summed E-state index contributed by atoms with van der Waals surface area (Å²) in [4.78, 5) is 15.7. The van der Waals surface area contributed by atoms with Crippen LogP contribution < -0.4 is 10.2 Å². The minimum atomic E-state index is -0.677. The highest BCUT2D eigenvalue weighted by Gasteiger charge is 2.21. The van der Waals surface area contributed by atoms with E-state index in [1.54, 1.807) is 37.3 Å². The van der Waals surface area contributed by atoms with Crippen molar-refractivity contribution < 1.29 is 19.0 Å². The van der Waals surface area contributed by atoms with E-state index in [0.717, 1.165) is 18.7 Å². The Balaban J connectivity index is 0.00000300. The molecule has 1 amide bonds. The van der Waals surface area contributed by atoms with Crippen LogP contribution in [0.2, 0.25) is 0 Å². The lowest BCUT2D eigenvalue weighted by molar-refractivity contribution is 0.109. The summed E-state index contributed by atoms with van der Waals surface area (Å²) >= 11 is 0. The molecule has 0 aliphatic carbocycles. The Morgan fingerprint density at radius 3 is 2.59 bits per heavy atom. The van der Waals surface area contributed by atoms with Gasteiger partial charge in [-0.05, 0) is 36.8 Å². The van der Waals surface area contributed by atoms with Gasteiger partial charge in [-0.15, -0.1) is 12.4 Å². The molecular formula is C21H27ClFN3O3. The zero-order chi connectivity index (χ0) is 19.9. The van der Waals surface area contributed by atoms with Crippen LogP contribution in [-0.2, 0) is 4.74 Å². The van der Waals surface area contributed by atoms with Crippen molar-refractivity contribution in [2.75, 3.05) is 49.5 Å². The number of nitrogens with one attached hydrogen (secondary N) is 1. The van der Waals surface area contributed by atoms with E-state index in [1.807, 2.05) is 17.0 Å². The Bertz CT molecular complexity index is 800. The molecule has 0 aromatic heterocycles. The number of piperazine rings is 1. The third-order valence-electron chi connectivity index (χ3n) is 4.79. The largest absolute Gasteiger partial charge is 0.450 e. The molecule has 8 heteroatoms. The van der Waals surface area contributed by atoms with Crippen LogP contribution >= 0.6 is 12.4 Å². The van der Waals surface area contributed by atoms with Crippen molar-refractivity contribution in [1.82, 2.24) is 4.90 Å². The summed E-state index contributed by atoms with van der Waals surface area (Å²) in [7, 11) is 0. The summed E-state index contributed by atoms with van der Waals surface area (Å²) in [5, 5.41) is 13.2. The fraction of sp³-hybridized carbons (Fsp3) is 0.381. The lowest BCUT2D eigenvalue weighted by atomic mass is 10.1. The van der Waals surface area contributed by atoms with Gasteiger partial charge in [0, 0.05) is 38.4 Å². The van der Waals surface area contributed by atoms with Crippen LogP contribution in [0.25, 0.3) is 0 Å². The first kappa shape index (κ1) is 22.9. The highest BCUT2D eigenvalue weighted by Crippen LogP contribution is 2.22. The molecule has 2 aromatic rings. The molecule has 1 aliphatic heterocycles. The van der Waals surface area contributed by atoms with Gasteiger partial charge < -0.3 is 14.7 Å². The maximum atomic E-state index is 13.9. The van der Waals surface area contributed by atoms with Gasteiger partial charge in [0.25, 0.3) is 0 Å². The number of benzene rings is 2. The number of para-hydroxylation sites is 1. The number of aliphatic hydroxyl groups excluding tert-OH is 1.